The number of ether oxygens (including phenoxy) is 1. The van der Waals surface area contributed by atoms with Gasteiger partial charge in [0, 0.05) is 25.0 Å². The number of aromatic nitrogens is 2. The van der Waals surface area contributed by atoms with E-state index in [1.54, 1.807) is 0 Å². The maximum absolute atomic E-state index is 5.50. The Kier molecular flexibility index (Phi) is 4.71. The van der Waals surface area contributed by atoms with Crippen molar-refractivity contribution in [2.45, 2.75) is 39.3 Å². The van der Waals surface area contributed by atoms with Crippen LogP contribution < -0.4 is 10.2 Å². The van der Waals surface area contributed by atoms with Gasteiger partial charge in [0.2, 0.25) is 0 Å². The van der Waals surface area contributed by atoms with Crippen molar-refractivity contribution in [1.29, 1.82) is 0 Å². The molecule has 1 aromatic heterocycles. The van der Waals surface area contributed by atoms with E-state index in [-0.39, 0.29) is 0 Å². The number of hydrogen-bond acceptors (Lipinski definition) is 5. The molecule has 0 spiro atoms. The molecule has 1 N–H and O–H groups in total. The Morgan fingerprint density at radius 2 is 2.32 bits per heavy atom. The Labute approximate surface area is 115 Å². The standard InChI is InChI=1S/C14H24N4O/c1-10(2)14-16-8-13(12(17-14)7-15-4)18-5-6-19-9-11(18)3/h8,10-11,15H,5-7,9H2,1-4H3. The highest BCUT2D eigenvalue weighted by atomic mass is 16.5. The first kappa shape index (κ1) is 14.2. The van der Waals surface area contributed by atoms with Gasteiger partial charge in [-0.25, -0.2) is 9.97 Å². The van der Waals surface area contributed by atoms with Gasteiger partial charge in [0.1, 0.15) is 5.82 Å². The zero-order chi connectivity index (χ0) is 13.8. The van der Waals surface area contributed by atoms with Gasteiger partial charge in [-0.2, -0.15) is 0 Å². The molecule has 1 aromatic rings. The molecule has 0 aliphatic carbocycles. The molecule has 0 radical (unpaired) electrons. The lowest BCUT2D eigenvalue weighted by Gasteiger charge is -2.36. The fraction of sp³-hybridized carbons (Fsp3) is 0.714. The number of morpholine rings is 1. The van der Waals surface area contributed by atoms with Gasteiger partial charge in [-0.3, -0.25) is 0 Å². The molecule has 5 heteroatoms. The predicted octanol–water partition coefficient (Wildman–Crippen LogP) is 1.54. The van der Waals surface area contributed by atoms with Crippen LogP contribution in [-0.2, 0) is 11.3 Å². The van der Waals surface area contributed by atoms with Gasteiger partial charge in [0.05, 0.1) is 30.8 Å². The number of rotatable bonds is 4. The van der Waals surface area contributed by atoms with Crippen LogP contribution in [0.2, 0.25) is 0 Å². The summed E-state index contributed by atoms with van der Waals surface area (Å²) in [7, 11) is 1.95. The number of nitrogens with zero attached hydrogens (tertiary/aromatic N) is 3. The molecule has 2 rings (SSSR count). The van der Waals surface area contributed by atoms with Crippen LogP contribution >= 0.6 is 0 Å². The Morgan fingerprint density at radius 3 is 2.95 bits per heavy atom. The van der Waals surface area contributed by atoms with Crippen molar-refractivity contribution in [1.82, 2.24) is 15.3 Å². The molecule has 19 heavy (non-hydrogen) atoms. The molecule has 0 bridgehead atoms. The molecule has 1 saturated heterocycles. The van der Waals surface area contributed by atoms with E-state index in [1.807, 2.05) is 13.2 Å². The Balaban J connectivity index is 2.32. The van der Waals surface area contributed by atoms with Crippen LogP contribution in [0.5, 0.6) is 0 Å². The van der Waals surface area contributed by atoms with Crippen molar-refractivity contribution in [3.63, 3.8) is 0 Å². The summed E-state index contributed by atoms with van der Waals surface area (Å²) >= 11 is 0. The fourth-order valence-electron chi connectivity index (χ4n) is 2.33. The largest absolute Gasteiger partial charge is 0.377 e. The third kappa shape index (κ3) is 3.22. The Morgan fingerprint density at radius 1 is 1.53 bits per heavy atom. The molecule has 0 aromatic carbocycles. The van der Waals surface area contributed by atoms with Crippen molar-refractivity contribution in [2.75, 3.05) is 31.7 Å². The summed E-state index contributed by atoms with van der Waals surface area (Å²) in [6, 6.07) is 0.373. The molecule has 0 amide bonds. The highest BCUT2D eigenvalue weighted by molar-refractivity contribution is 5.50. The number of nitrogens with one attached hydrogen (secondary N) is 1. The van der Waals surface area contributed by atoms with Crippen LogP contribution in [0.15, 0.2) is 6.20 Å². The summed E-state index contributed by atoms with van der Waals surface area (Å²) < 4.78 is 5.50. The van der Waals surface area contributed by atoms with Crippen LogP contribution in [0, 0.1) is 0 Å². The molecule has 1 unspecified atom stereocenters. The summed E-state index contributed by atoms with van der Waals surface area (Å²) in [5.41, 5.74) is 2.21. The average molecular weight is 264 g/mol. The van der Waals surface area contributed by atoms with E-state index < -0.39 is 0 Å². The summed E-state index contributed by atoms with van der Waals surface area (Å²) in [6.07, 6.45) is 1.97. The molecule has 1 atom stereocenters. The van der Waals surface area contributed by atoms with Gasteiger partial charge in [0.15, 0.2) is 0 Å². The van der Waals surface area contributed by atoms with Crippen LogP contribution in [0.3, 0.4) is 0 Å². The third-order valence-corrected chi connectivity index (χ3v) is 3.40. The second-order valence-corrected chi connectivity index (χ2v) is 5.36. The lowest BCUT2D eigenvalue weighted by molar-refractivity contribution is 0.0987. The number of anilines is 1. The summed E-state index contributed by atoms with van der Waals surface area (Å²) in [6.45, 7) is 9.63. The topological polar surface area (TPSA) is 50.3 Å². The van der Waals surface area contributed by atoms with E-state index >= 15 is 0 Å². The van der Waals surface area contributed by atoms with Gasteiger partial charge in [0.25, 0.3) is 0 Å². The second kappa shape index (κ2) is 6.30. The Hall–Kier alpha value is -1.20. The lowest BCUT2D eigenvalue weighted by Crippen LogP contribution is -2.44. The van der Waals surface area contributed by atoms with Crippen molar-refractivity contribution in [2.24, 2.45) is 0 Å². The van der Waals surface area contributed by atoms with Crippen molar-refractivity contribution in [3.8, 4) is 0 Å². The molecule has 1 aliphatic rings. The van der Waals surface area contributed by atoms with E-state index in [4.69, 9.17) is 9.72 Å². The molecule has 0 saturated carbocycles. The average Bonchev–Trinajstić information content (AvgIpc) is 2.40. The minimum Gasteiger partial charge on any atom is -0.377 e. The predicted molar refractivity (Wildman–Crippen MR) is 76.5 cm³/mol. The molecule has 106 valence electrons. The summed E-state index contributed by atoms with van der Waals surface area (Å²) in [5, 5.41) is 3.20. The highest BCUT2D eigenvalue weighted by Crippen LogP contribution is 2.24. The zero-order valence-corrected chi connectivity index (χ0v) is 12.3. The minimum absolute atomic E-state index is 0.353. The first-order chi connectivity index (χ1) is 9.13. The van der Waals surface area contributed by atoms with Gasteiger partial charge in [-0.05, 0) is 14.0 Å². The third-order valence-electron chi connectivity index (χ3n) is 3.40. The first-order valence-corrected chi connectivity index (χ1v) is 6.98. The van der Waals surface area contributed by atoms with E-state index in [0.717, 1.165) is 43.5 Å². The normalized spacial score (nSPS) is 20.1. The summed E-state index contributed by atoms with van der Waals surface area (Å²) in [5.74, 6) is 1.27. The van der Waals surface area contributed by atoms with Gasteiger partial charge in [-0.1, -0.05) is 13.8 Å². The maximum Gasteiger partial charge on any atom is 0.131 e. The second-order valence-electron chi connectivity index (χ2n) is 5.36. The van der Waals surface area contributed by atoms with E-state index in [2.05, 4.69) is 36.0 Å². The smallest absolute Gasteiger partial charge is 0.131 e. The highest BCUT2D eigenvalue weighted by Gasteiger charge is 2.22. The monoisotopic (exact) mass is 264 g/mol. The van der Waals surface area contributed by atoms with Gasteiger partial charge in [-0.15, -0.1) is 0 Å². The molecule has 2 heterocycles. The maximum atomic E-state index is 5.50. The lowest BCUT2D eigenvalue weighted by atomic mass is 10.1. The van der Waals surface area contributed by atoms with Crippen LogP contribution in [0.1, 0.15) is 38.2 Å². The van der Waals surface area contributed by atoms with Crippen LogP contribution in [-0.4, -0.2) is 42.8 Å². The first-order valence-electron chi connectivity index (χ1n) is 6.98. The minimum atomic E-state index is 0.353. The van der Waals surface area contributed by atoms with E-state index in [9.17, 15) is 0 Å². The van der Waals surface area contributed by atoms with Crippen molar-refractivity contribution in [3.05, 3.63) is 17.7 Å². The molecular formula is C14H24N4O. The molecule has 1 fully saturated rings. The SMILES string of the molecule is CNCc1nc(C(C)C)ncc1N1CCOCC1C. The fourth-order valence-corrected chi connectivity index (χ4v) is 2.33. The van der Waals surface area contributed by atoms with Gasteiger partial charge >= 0.3 is 0 Å². The zero-order valence-electron chi connectivity index (χ0n) is 12.3. The molecular weight excluding hydrogens is 240 g/mol. The van der Waals surface area contributed by atoms with Crippen LogP contribution in [0.25, 0.3) is 0 Å². The van der Waals surface area contributed by atoms with E-state index in [1.165, 1.54) is 0 Å². The van der Waals surface area contributed by atoms with E-state index in [0.29, 0.717) is 12.0 Å². The van der Waals surface area contributed by atoms with Crippen LogP contribution in [0.4, 0.5) is 5.69 Å². The molecule has 1 aliphatic heterocycles. The quantitative estimate of drug-likeness (QED) is 0.894. The van der Waals surface area contributed by atoms with Gasteiger partial charge < -0.3 is 15.0 Å². The van der Waals surface area contributed by atoms with Crippen molar-refractivity contribution < 1.29 is 4.74 Å². The number of hydrogen-bond donors (Lipinski definition) is 1. The van der Waals surface area contributed by atoms with Crippen molar-refractivity contribution >= 4 is 5.69 Å². The molecule has 5 nitrogen and oxygen atoms in total. The summed E-state index contributed by atoms with van der Waals surface area (Å²) in [4.78, 5) is 11.6. The Bertz CT molecular complexity index is 422.